The summed E-state index contributed by atoms with van der Waals surface area (Å²) in [6, 6.07) is 7.67. The van der Waals surface area contributed by atoms with Crippen molar-refractivity contribution in [2.45, 2.75) is 38.3 Å². The van der Waals surface area contributed by atoms with Crippen molar-refractivity contribution in [1.82, 2.24) is 4.90 Å². The molecule has 2 atom stereocenters. The van der Waals surface area contributed by atoms with Crippen LogP contribution in [0.1, 0.15) is 31.2 Å². The number of halogens is 1. The smallest absolute Gasteiger partial charge is 0.226 e. The molecule has 2 rings (SSSR count). The van der Waals surface area contributed by atoms with E-state index >= 15 is 0 Å². The van der Waals surface area contributed by atoms with Gasteiger partial charge in [-0.25, -0.2) is 0 Å². The number of carbonyl (C=O) groups is 1. The second-order valence-electron chi connectivity index (χ2n) is 5.73. The zero-order chi connectivity index (χ0) is 15.2. The number of hydrogen-bond acceptors (Lipinski definition) is 3. The summed E-state index contributed by atoms with van der Waals surface area (Å²) in [4.78, 5) is 14.5. The van der Waals surface area contributed by atoms with Gasteiger partial charge in [0.15, 0.2) is 0 Å². The highest BCUT2D eigenvalue weighted by Crippen LogP contribution is 2.26. The molecule has 0 bridgehead atoms. The largest absolute Gasteiger partial charge is 0.396 e. The number of nitrogens with two attached hydrogens (primary N) is 1. The molecule has 1 amide bonds. The average molecular weight is 311 g/mol. The maximum atomic E-state index is 12.6. The fourth-order valence-corrected chi connectivity index (χ4v) is 2.96. The monoisotopic (exact) mass is 310 g/mol. The molecule has 116 valence electrons. The summed E-state index contributed by atoms with van der Waals surface area (Å²) in [5.74, 6) is 0.192. The molecular weight excluding hydrogens is 288 g/mol. The number of carbonyl (C=O) groups excluding carboxylic acids is 1. The molecular formula is C16H23ClN2O2. The molecule has 4 nitrogen and oxygen atoms in total. The van der Waals surface area contributed by atoms with E-state index < -0.39 is 0 Å². The van der Waals surface area contributed by atoms with Crippen molar-refractivity contribution in [1.29, 1.82) is 0 Å². The Kier molecular flexibility index (Phi) is 6.03. The van der Waals surface area contributed by atoms with Gasteiger partial charge < -0.3 is 15.7 Å². The zero-order valence-corrected chi connectivity index (χ0v) is 12.9. The van der Waals surface area contributed by atoms with Gasteiger partial charge in [-0.05, 0) is 43.4 Å². The van der Waals surface area contributed by atoms with Crippen LogP contribution in [0.15, 0.2) is 24.3 Å². The van der Waals surface area contributed by atoms with E-state index in [2.05, 4.69) is 0 Å². The second kappa shape index (κ2) is 7.78. The van der Waals surface area contributed by atoms with Gasteiger partial charge in [-0.15, -0.1) is 0 Å². The number of benzene rings is 1. The predicted octanol–water partition coefficient (Wildman–Crippen LogP) is 2.18. The Hall–Kier alpha value is -1.10. The molecule has 0 radical (unpaired) electrons. The molecule has 3 N–H and O–H groups in total. The highest BCUT2D eigenvalue weighted by atomic mass is 35.5. The minimum absolute atomic E-state index is 0.0333. The molecule has 1 aliphatic rings. The topological polar surface area (TPSA) is 66.6 Å². The Labute approximate surface area is 130 Å². The first kappa shape index (κ1) is 16.3. The lowest BCUT2D eigenvalue weighted by atomic mass is 10.1. The van der Waals surface area contributed by atoms with Crippen molar-refractivity contribution >= 4 is 17.5 Å². The van der Waals surface area contributed by atoms with Crippen LogP contribution in [0.5, 0.6) is 0 Å². The van der Waals surface area contributed by atoms with Gasteiger partial charge in [0.05, 0.1) is 0 Å². The summed E-state index contributed by atoms with van der Waals surface area (Å²) < 4.78 is 0. The number of nitrogens with zero attached hydrogens (tertiary/aromatic N) is 1. The lowest BCUT2D eigenvalue weighted by molar-refractivity contribution is -0.136. The van der Waals surface area contributed by atoms with Crippen LogP contribution < -0.4 is 5.73 Å². The van der Waals surface area contributed by atoms with Gasteiger partial charge in [-0.1, -0.05) is 23.7 Å². The standard InChI is InChI=1S/C16H23ClN2O2/c17-14-5-2-12(3-6-14)11-19(8-1-9-20)16(21)13-4-7-15(18)10-13/h2-3,5-6,13,15,20H,1,4,7-11,18H2/t13-,15+/m1/s1. The molecule has 0 spiro atoms. The summed E-state index contributed by atoms with van der Waals surface area (Å²) in [5, 5.41) is 9.72. The third-order valence-electron chi connectivity index (χ3n) is 4.01. The molecule has 0 unspecified atom stereocenters. The molecule has 0 saturated heterocycles. The first-order valence-electron chi connectivity index (χ1n) is 7.50. The van der Waals surface area contributed by atoms with Gasteiger partial charge in [0.2, 0.25) is 5.91 Å². The summed E-state index contributed by atoms with van der Waals surface area (Å²) in [6.07, 6.45) is 3.16. The van der Waals surface area contributed by atoms with Gasteiger partial charge in [-0.2, -0.15) is 0 Å². The molecule has 1 aromatic rings. The SMILES string of the molecule is N[C@H]1CC[C@@H](C(=O)N(CCCO)Cc2ccc(Cl)cc2)C1. The molecule has 1 aromatic carbocycles. The van der Waals surface area contributed by atoms with Crippen molar-refractivity contribution < 1.29 is 9.90 Å². The van der Waals surface area contributed by atoms with Crippen molar-refractivity contribution in [3.8, 4) is 0 Å². The molecule has 1 aliphatic carbocycles. The maximum Gasteiger partial charge on any atom is 0.226 e. The van der Waals surface area contributed by atoms with Crippen LogP contribution in [0.25, 0.3) is 0 Å². The third-order valence-corrected chi connectivity index (χ3v) is 4.26. The fourth-order valence-electron chi connectivity index (χ4n) is 2.84. The quantitative estimate of drug-likeness (QED) is 0.846. The van der Waals surface area contributed by atoms with Crippen LogP contribution in [0, 0.1) is 5.92 Å². The number of aliphatic hydroxyl groups is 1. The van der Waals surface area contributed by atoms with Gasteiger partial charge in [0.1, 0.15) is 0 Å². The summed E-state index contributed by atoms with van der Waals surface area (Å²) in [5.41, 5.74) is 6.96. The van der Waals surface area contributed by atoms with Crippen molar-refractivity contribution in [3.63, 3.8) is 0 Å². The van der Waals surface area contributed by atoms with E-state index in [1.54, 1.807) is 0 Å². The van der Waals surface area contributed by atoms with E-state index in [9.17, 15) is 4.79 Å². The van der Waals surface area contributed by atoms with Gasteiger partial charge in [0, 0.05) is 36.7 Å². The summed E-state index contributed by atoms with van der Waals surface area (Å²) >= 11 is 5.89. The van der Waals surface area contributed by atoms with E-state index in [0.29, 0.717) is 24.5 Å². The second-order valence-corrected chi connectivity index (χ2v) is 6.17. The highest BCUT2D eigenvalue weighted by Gasteiger charge is 2.30. The lowest BCUT2D eigenvalue weighted by Gasteiger charge is -2.25. The molecule has 1 saturated carbocycles. The van der Waals surface area contributed by atoms with Crippen molar-refractivity contribution in [2.75, 3.05) is 13.2 Å². The molecule has 1 fully saturated rings. The normalized spacial score (nSPS) is 21.5. The minimum Gasteiger partial charge on any atom is -0.396 e. The Morgan fingerprint density at radius 2 is 2.05 bits per heavy atom. The Balaban J connectivity index is 2.02. The molecule has 5 heteroatoms. The van der Waals surface area contributed by atoms with Crippen LogP contribution in [-0.4, -0.2) is 35.1 Å². The molecule has 21 heavy (non-hydrogen) atoms. The zero-order valence-electron chi connectivity index (χ0n) is 12.2. The minimum atomic E-state index is 0.0333. The van der Waals surface area contributed by atoms with Gasteiger partial charge in [0.25, 0.3) is 0 Å². The Morgan fingerprint density at radius 3 is 2.62 bits per heavy atom. The number of aliphatic hydroxyl groups excluding tert-OH is 1. The number of hydrogen-bond donors (Lipinski definition) is 2. The third kappa shape index (κ3) is 4.70. The van der Waals surface area contributed by atoms with Crippen molar-refractivity contribution in [2.24, 2.45) is 11.7 Å². The number of rotatable bonds is 6. The van der Waals surface area contributed by atoms with Crippen LogP contribution in [0.4, 0.5) is 0 Å². The van der Waals surface area contributed by atoms with Crippen LogP contribution in [0.2, 0.25) is 5.02 Å². The summed E-state index contributed by atoms with van der Waals surface area (Å²) in [7, 11) is 0. The maximum absolute atomic E-state index is 12.6. The fraction of sp³-hybridized carbons (Fsp3) is 0.562. The lowest BCUT2D eigenvalue weighted by Crippen LogP contribution is -2.36. The number of amides is 1. The van der Waals surface area contributed by atoms with E-state index in [1.807, 2.05) is 29.2 Å². The van der Waals surface area contributed by atoms with Gasteiger partial charge >= 0.3 is 0 Å². The van der Waals surface area contributed by atoms with Crippen LogP contribution >= 0.6 is 11.6 Å². The van der Waals surface area contributed by atoms with Crippen LogP contribution in [-0.2, 0) is 11.3 Å². The van der Waals surface area contributed by atoms with E-state index in [-0.39, 0.29) is 24.5 Å². The van der Waals surface area contributed by atoms with E-state index in [4.69, 9.17) is 22.4 Å². The average Bonchev–Trinajstić information content (AvgIpc) is 2.91. The van der Waals surface area contributed by atoms with E-state index in [1.165, 1.54) is 0 Å². The first-order valence-corrected chi connectivity index (χ1v) is 7.87. The van der Waals surface area contributed by atoms with E-state index in [0.717, 1.165) is 24.8 Å². The van der Waals surface area contributed by atoms with Gasteiger partial charge in [-0.3, -0.25) is 4.79 Å². The predicted molar refractivity (Wildman–Crippen MR) is 83.9 cm³/mol. The highest BCUT2D eigenvalue weighted by molar-refractivity contribution is 6.30. The molecule has 0 aromatic heterocycles. The Morgan fingerprint density at radius 1 is 1.33 bits per heavy atom. The van der Waals surface area contributed by atoms with Crippen molar-refractivity contribution in [3.05, 3.63) is 34.9 Å². The summed E-state index contributed by atoms with van der Waals surface area (Å²) in [6.45, 7) is 1.22. The molecule has 0 aliphatic heterocycles. The Bertz CT molecular complexity index is 464. The molecule has 0 heterocycles. The first-order chi connectivity index (χ1) is 10.1. The van der Waals surface area contributed by atoms with Crippen LogP contribution in [0.3, 0.4) is 0 Å².